The standard InChI is InChI=1S/C16H19FN4O2S/c17-10-1-2-11(5-10)19-15(22)16-20-13-8-21(4-3-14(13)23-16)7-12-6-18-9-24-12/h6,9-11H,1-5,7-8H2,(H,19,22)/t10-,11-/m1/s1. The lowest BCUT2D eigenvalue weighted by molar-refractivity contribution is 0.0899. The molecule has 0 bridgehead atoms. The summed E-state index contributed by atoms with van der Waals surface area (Å²) >= 11 is 1.63. The quantitative estimate of drug-likeness (QED) is 0.916. The summed E-state index contributed by atoms with van der Waals surface area (Å²) in [5.74, 6) is 0.551. The van der Waals surface area contributed by atoms with Gasteiger partial charge in [-0.1, -0.05) is 0 Å². The molecule has 1 amide bonds. The number of rotatable bonds is 4. The van der Waals surface area contributed by atoms with Crippen LogP contribution in [0.15, 0.2) is 16.1 Å². The Balaban J connectivity index is 1.39. The van der Waals surface area contributed by atoms with Gasteiger partial charge in [0.05, 0.1) is 11.2 Å². The van der Waals surface area contributed by atoms with Crippen molar-refractivity contribution in [2.75, 3.05) is 6.54 Å². The molecular weight excluding hydrogens is 331 g/mol. The van der Waals surface area contributed by atoms with Crippen LogP contribution in [0.5, 0.6) is 0 Å². The number of carbonyl (C=O) groups is 1. The predicted molar refractivity (Wildman–Crippen MR) is 86.4 cm³/mol. The molecular formula is C16H19FN4O2S. The van der Waals surface area contributed by atoms with E-state index in [1.165, 1.54) is 4.88 Å². The van der Waals surface area contributed by atoms with Crippen LogP contribution in [-0.4, -0.2) is 39.5 Å². The summed E-state index contributed by atoms with van der Waals surface area (Å²) in [7, 11) is 0. The normalized spacial score (nSPS) is 24.0. The minimum Gasteiger partial charge on any atom is -0.437 e. The number of alkyl halides is 1. The molecule has 1 fully saturated rings. The third kappa shape index (κ3) is 3.34. The summed E-state index contributed by atoms with van der Waals surface area (Å²) in [6.45, 7) is 2.37. The fraction of sp³-hybridized carbons (Fsp3) is 0.562. The molecule has 0 saturated heterocycles. The first-order chi connectivity index (χ1) is 11.7. The number of hydrogen-bond donors (Lipinski definition) is 1. The molecule has 1 aliphatic carbocycles. The highest BCUT2D eigenvalue weighted by atomic mass is 32.1. The van der Waals surface area contributed by atoms with Crippen molar-refractivity contribution in [2.24, 2.45) is 0 Å². The van der Waals surface area contributed by atoms with Crippen LogP contribution in [0.3, 0.4) is 0 Å². The smallest absolute Gasteiger partial charge is 0.307 e. The third-order valence-electron chi connectivity index (χ3n) is 4.57. The van der Waals surface area contributed by atoms with Crippen molar-refractivity contribution < 1.29 is 13.6 Å². The van der Waals surface area contributed by atoms with Crippen LogP contribution in [0, 0.1) is 0 Å². The number of aromatic nitrogens is 2. The van der Waals surface area contributed by atoms with Gasteiger partial charge in [-0.25, -0.2) is 9.37 Å². The van der Waals surface area contributed by atoms with E-state index in [-0.39, 0.29) is 17.8 Å². The van der Waals surface area contributed by atoms with Gasteiger partial charge < -0.3 is 9.73 Å². The molecule has 3 heterocycles. The van der Waals surface area contributed by atoms with Gasteiger partial charge in [0.2, 0.25) is 0 Å². The number of hydrogen-bond acceptors (Lipinski definition) is 6. The van der Waals surface area contributed by atoms with Gasteiger partial charge in [-0.05, 0) is 19.3 Å². The highest BCUT2D eigenvalue weighted by molar-refractivity contribution is 7.09. The average molecular weight is 350 g/mol. The number of amides is 1. The number of nitrogens with zero attached hydrogens (tertiary/aromatic N) is 3. The van der Waals surface area contributed by atoms with Crippen molar-refractivity contribution in [3.63, 3.8) is 0 Å². The van der Waals surface area contributed by atoms with Gasteiger partial charge in [-0.15, -0.1) is 11.3 Å². The predicted octanol–water partition coefficient (Wildman–Crippen LogP) is 2.31. The van der Waals surface area contributed by atoms with E-state index in [0.717, 1.165) is 31.0 Å². The summed E-state index contributed by atoms with van der Waals surface area (Å²) < 4.78 is 18.8. The van der Waals surface area contributed by atoms with Crippen molar-refractivity contribution >= 4 is 17.2 Å². The zero-order valence-corrected chi connectivity index (χ0v) is 14.0. The lowest BCUT2D eigenvalue weighted by atomic mass is 10.1. The first-order valence-electron chi connectivity index (χ1n) is 8.20. The van der Waals surface area contributed by atoms with E-state index in [1.54, 1.807) is 11.3 Å². The Morgan fingerprint density at radius 2 is 2.42 bits per heavy atom. The van der Waals surface area contributed by atoms with Crippen molar-refractivity contribution in [3.8, 4) is 0 Å². The van der Waals surface area contributed by atoms with Crippen LogP contribution < -0.4 is 5.32 Å². The molecule has 24 heavy (non-hydrogen) atoms. The van der Waals surface area contributed by atoms with Gasteiger partial charge in [0, 0.05) is 43.2 Å². The third-order valence-corrected chi connectivity index (χ3v) is 5.33. The molecule has 0 radical (unpaired) electrons. The van der Waals surface area contributed by atoms with Crippen molar-refractivity contribution in [2.45, 2.75) is 51.0 Å². The van der Waals surface area contributed by atoms with Crippen molar-refractivity contribution in [3.05, 3.63) is 33.9 Å². The minimum atomic E-state index is -0.812. The molecule has 6 nitrogen and oxygen atoms in total. The Bertz CT molecular complexity index is 718. The van der Waals surface area contributed by atoms with E-state index < -0.39 is 6.17 Å². The van der Waals surface area contributed by atoms with E-state index in [2.05, 4.69) is 20.2 Å². The molecule has 0 spiro atoms. The van der Waals surface area contributed by atoms with E-state index in [0.29, 0.717) is 25.8 Å². The van der Waals surface area contributed by atoms with Crippen LogP contribution in [-0.2, 0) is 19.5 Å². The number of thiazole rings is 1. The lowest BCUT2D eigenvalue weighted by Gasteiger charge is -2.24. The second-order valence-electron chi connectivity index (χ2n) is 6.40. The average Bonchev–Trinajstić information content (AvgIpc) is 3.28. The monoisotopic (exact) mass is 350 g/mol. The molecule has 8 heteroatoms. The number of carbonyl (C=O) groups excluding carboxylic acids is 1. The zero-order chi connectivity index (χ0) is 16.5. The SMILES string of the molecule is O=C(N[C@@H]1CC[C@@H](F)C1)c1nc2c(o1)CCN(Cc1cncs1)C2. The Kier molecular flexibility index (Phi) is 4.32. The number of oxazole rings is 1. The maximum atomic E-state index is 13.2. The summed E-state index contributed by atoms with van der Waals surface area (Å²) in [5.41, 5.74) is 2.65. The molecule has 1 aliphatic heterocycles. The topological polar surface area (TPSA) is 71.3 Å². The number of nitrogens with one attached hydrogen (secondary N) is 1. The molecule has 1 N–H and O–H groups in total. The van der Waals surface area contributed by atoms with Gasteiger partial charge in [0.15, 0.2) is 0 Å². The highest BCUT2D eigenvalue weighted by Crippen LogP contribution is 2.24. The van der Waals surface area contributed by atoms with E-state index in [1.807, 2.05) is 11.7 Å². The minimum absolute atomic E-state index is 0.0990. The van der Waals surface area contributed by atoms with E-state index in [9.17, 15) is 9.18 Å². The maximum Gasteiger partial charge on any atom is 0.307 e. The number of fused-ring (bicyclic) bond motifs is 1. The molecule has 0 unspecified atom stereocenters. The Morgan fingerprint density at radius 3 is 3.17 bits per heavy atom. The van der Waals surface area contributed by atoms with Crippen LogP contribution >= 0.6 is 11.3 Å². The van der Waals surface area contributed by atoms with Crippen LogP contribution in [0.4, 0.5) is 4.39 Å². The van der Waals surface area contributed by atoms with E-state index in [4.69, 9.17) is 4.42 Å². The molecule has 2 atom stereocenters. The van der Waals surface area contributed by atoms with Gasteiger partial charge >= 0.3 is 5.91 Å². The molecule has 2 aliphatic rings. The summed E-state index contributed by atoms with van der Waals surface area (Å²) in [5, 5.41) is 2.83. The van der Waals surface area contributed by atoms with Gasteiger partial charge in [0.1, 0.15) is 11.9 Å². The molecule has 2 aromatic rings. The highest BCUT2D eigenvalue weighted by Gasteiger charge is 2.29. The summed E-state index contributed by atoms with van der Waals surface area (Å²) in [4.78, 5) is 24.2. The Morgan fingerprint density at radius 1 is 1.50 bits per heavy atom. The Labute approximate surface area is 143 Å². The molecule has 128 valence electrons. The molecule has 1 saturated carbocycles. The molecule has 0 aromatic carbocycles. The van der Waals surface area contributed by atoms with Crippen molar-refractivity contribution in [1.29, 1.82) is 0 Å². The van der Waals surface area contributed by atoms with Crippen molar-refractivity contribution in [1.82, 2.24) is 20.2 Å². The largest absolute Gasteiger partial charge is 0.437 e. The van der Waals surface area contributed by atoms with Gasteiger partial charge in [-0.2, -0.15) is 0 Å². The zero-order valence-electron chi connectivity index (χ0n) is 13.2. The van der Waals surface area contributed by atoms with E-state index >= 15 is 0 Å². The fourth-order valence-corrected chi connectivity index (χ4v) is 3.97. The second-order valence-corrected chi connectivity index (χ2v) is 7.37. The van der Waals surface area contributed by atoms with Crippen LogP contribution in [0.1, 0.15) is 46.3 Å². The Hall–Kier alpha value is -1.80. The van der Waals surface area contributed by atoms with Crippen LogP contribution in [0.2, 0.25) is 0 Å². The summed E-state index contributed by atoms with van der Waals surface area (Å²) in [6, 6.07) is -0.112. The lowest BCUT2D eigenvalue weighted by Crippen LogP contribution is -2.33. The molecule has 4 rings (SSSR count). The fourth-order valence-electron chi connectivity index (χ4n) is 3.33. The number of halogens is 1. The first-order valence-corrected chi connectivity index (χ1v) is 9.08. The first kappa shape index (κ1) is 15.7. The second kappa shape index (κ2) is 6.60. The molecule has 2 aromatic heterocycles. The van der Waals surface area contributed by atoms with Gasteiger partial charge in [0.25, 0.3) is 5.89 Å². The van der Waals surface area contributed by atoms with Crippen LogP contribution in [0.25, 0.3) is 0 Å². The maximum absolute atomic E-state index is 13.2. The summed E-state index contributed by atoms with van der Waals surface area (Å²) in [6.07, 6.45) is 3.38. The van der Waals surface area contributed by atoms with Gasteiger partial charge in [-0.3, -0.25) is 14.7 Å².